The van der Waals surface area contributed by atoms with E-state index in [1.54, 1.807) is 16.2 Å². The van der Waals surface area contributed by atoms with Gasteiger partial charge < -0.3 is 4.90 Å². The highest BCUT2D eigenvalue weighted by Crippen LogP contribution is 2.39. The minimum absolute atomic E-state index is 0.0784. The molecule has 0 fully saturated rings. The molecule has 6 heteroatoms. The summed E-state index contributed by atoms with van der Waals surface area (Å²) in [6, 6.07) is 9.74. The van der Waals surface area contributed by atoms with Gasteiger partial charge in [-0.25, -0.2) is 9.97 Å². The molecule has 1 aliphatic rings. The Hall–Kier alpha value is -1.92. The first-order valence-corrected chi connectivity index (χ1v) is 10.7. The van der Waals surface area contributed by atoms with E-state index in [0.717, 1.165) is 34.2 Å². The van der Waals surface area contributed by atoms with Crippen LogP contribution in [0.5, 0.6) is 0 Å². The van der Waals surface area contributed by atoms with Gasteiger partial charge >= 0.3 is 0 Å². The fourth-order valence-electron chi connectivity index (χ4n) is 3.35. The highest BCUT2D eigenvalue weighted by atomic mass is 32.2. The van der Waals surface area contributed by atoms with Crippen molar-refractivity contribution in [3.8, 4) is 0 Å². The first-order chi connectivity index (χ1) is 12.6. The van der Waals surface area contributed by atoms with Crippen molar-refractivity contribution < 1.29 is 4.79 Å². The third-order valence-electron chi connectivity index (χ3n) is 4.74. The zero-order valence-corrected chi connectivity index (χ0v) is 16.6. The number of anilines is 1. The quantitative estimate of drug-likeness (QED) is 0.487. The van der Waals surface area contributed by atoms with Crippen molar-refractivity contribution in [1.29, 1.82) is 0 Å². The van der Waals surface area contributed by atoms with E-state index in [4.69, 9.17) is 0 Å². The second-order valence-electron chi connectivity index (χ2n) is 6.54. The van der Waals surface area contributed by atoms with Gasteiger partial charge in [-0.3, -0.25) is 4.79 Å². The van der Waals surface area contributed by atoms with Crippen LogP contribution in [0.4, 0.5) is 5.69 Å². The van der Waals surface area contributed by atoms with E-state index in [-0.39, 0.29) is 5.91 Å². The van der Waals surface area contributed by atoms with Crippen LogP contribution in [0.15, 0.2) is 35.4 Å². The Morgan fingerprint density at radius 2 is 1.96 bits per heavy atom. The third kappa shape index (κ3) is 3.35. The number of rotatable bonds is 4. The zero-order chi connectivity index (χ0) is 18.1. The maximum atomic E-state index is 12.6. The van der Waals surface area contributed by atoms with Gasteiger partial charge in [-0.2, -0.15) is 0 Å². The molecule has 134 valence electrons. The van der Waals surface area contributed by atoms with Gasteiger partial charge in [-0.05, 0) is 50.3 Å². The van der Waals surface area contributed by atoms with E-state index >= 15 is 0 Å². The van der Waals surface area contributed by atoms with Crippen molar-refractivity contribution in [2.24, 2.45) is 0 Å². The number of hydrogen-bond donors (Lipinski definition) is 0. The van der Waals surface area contributed by atoms with Crippen LogP contribution in [0.2, 0.25) is 0 Å². The summed E-state index contributed by atoms with van der Waals surface area (Å²) in [7, 11) is 1.82. The second kappa shape index (κ2) is 7.37. The molecule has 3 aromatic rings. The molecule has 0 saturated carbocycles. The summed E-state index contributed by atoms with van der Waals surface area (Å²) in [5.74, 6) is 1.24. The number of benzene rings is 1. The van der Waals surface area contributed by atoms with Crippen molar-refractivity contribution in [3.63, 3.8) is 0 Å². The largest absolute Gasteiger partial charge is 0.315 e. The molecule has 1 aromatic carbocycles. The molecule has 0 aliphatic heterocycles. The maximum Gasteiger partial charge on any atom is 0.237 e. The van der Waals surface area contributed by atoms with Crippen molar-refractivity contribution in [2.75, 3.05) is 17.7 Å². The van der Waals surface area contributed by atoms with Crippen molar-refractivity contribution >= 4 is 44.9 Å². The Balaban J connectivity index is 1.59. The molecule has 2 heterocycles. The lowest BCUT2D eigenvalue weighted by atomic mass is 9.97. The third-order valence-corrected chi connectivity index (χ3v) is 6.89. The van der Waals surface area contributed by atoms with Crippen LogP contribution in [0.25, 0.3) is 10.2 Å². The van der Waals surface area contributed by atoms with Gasteiger partial charge in [0.25, 0.3) is 0 Å². The standard InChI is InChI=1S/C20H21N3OS2/c1-13-21-19(18-15-10-6-7-11-16(15)26-20(18)22-13)25-12-17(24)23(2)14-8-4-3-5-9-14/h3-5,8-9H,6-7,10-12H2,1-2H3. The van der Waals surface area contributed by atoms with Crippen molar-refractivity contribution in [2.45, 2.75) is 37.6 Å². The normalized spacial score (nSPS) is 13.6. The van der Waals surface area contributed by atoms with Gasteiger partial charge in [0, 0.05) is 23.0 Å². The molecule has 1 amide bonds. The Morgan fingerprint density at radius 1 is 1.19 bits per heavy atom. The van der Waals surface area contributed by atoms with Crippen LogP contribution in [-0.4, -0.2) is 28.7 Å². The average molecular weight is 384 g/mol. The fourth-order valence-corrected chi connectivity index (χ4v) is 5.74. The van der Waals surface area contributed by atoms with Gasteiger partial charge in [0.15, 0.2) is 0 Å². The molecule has 2 aromatic heterocycles. The minimum atomic E-state index is 0.0784. The van der Waals surface area contributed by atoms with Crippen molar-refractivity contribution in [3.05, 3.63) is 46.6 Å². The minimum Gasteiger partial charge on any atom is -0.315 e. The number of fused-ring (bicyclic) bond motifs is 3. The molecule has 0 N–H and O–H groups in total. The lowest BCUT2D eigenvalue weighted by Crippen LogP contribution is -2.27. The molecular weight excluding hydrogens is 362 g/mol. The molecule has 0 unspecified atom stereocenters. The molecule has 0 atom stereocenters. The van der Waals surface area contributed by atoms with Gasteiger partial charge in [-0.1, -0.05) is 30.0 Å². The van der Waals surface area contributed by atoms with Gasteiger partial charge in [-0.15, -0.1) is 11.3 Å². The van der Waals surface area contributed by atoms with E-state index in [0.29, 0.717) is 5.75 Å². The SMILES string of the molecule is Cc1nc(SCC(=O)N(C)c2ccccc2)c2c3c(sc2n1)CCCC3. The molecule has 0 radical (unpaired) electrons. The van der Waals surface area contributed by atoms with Crippen LogP contribution >= 0.6 is 23.1 Å². The van der Waals surface area contributed by atoms with E-state index in [2.05, 4.69) is 9.97 Å². The highest BCUT2D eigenvalue weighted by molar-refractivity contribution is 8.00. The monoisotopic (exact) mass is 383 g/mol. The first-order valence-electron chi connectivity index (χ1n) is 8.87. The molecule has 4 nitrogen and oxygen atoms in total. The Bertz CT molecular complexity index is 953. The summed E-state index contributed by atoms with van der Waals surface area (Å²) in [6.07, 6.45) is 4.74. The number of nitrogens with zero attached hydrogens (tertiary/aromatic N) is 3. The Kier molecular flexibility index (Phi) is 4.96. The highest BCUT2D eigenvalue weighted by Gasteiger charge is 2.21. The first kappa shape index (κ1) is 17.5. The lowest BCUT2D eigenvalue weighted by Gasteiger charge is -2.17. The number of para-hydroxylation sites is 1. The summed E-state index contributed by atoms with van der Waals surface area (Å²) < 4.78 is 0. The number of carbonyl (C=O) groups is 1. The summed E-state index contributed by atoms with van der Waals surface area (Å²) in [5.41, 5.74) is 2.33. The number of thiophene rings is 1. The number of amides is 1. The maximum absolute atomic E-state index is 12.6. The number of thioether (sulfide) groups is 1. The molecule has 4 rings (SSSR count). The molecule has 0 saturated heterocycles. The average Bonchev–Trinajstić information content (AvgIpc) is 3.04. The predicted octanol–water partition coefficient (Wildman–Crippen LogP) is 4.63. The van der Waals surface area contributed by atoms with Crippen LogP contribution in [0.3, 0.4) is 0 Å². The van der Waals surface area contributed by atoms with Crippen LogP contribution in [-0.2, 0) is 17.6 Å². The number of carbonyl (C=O) groups excluding carboxylic acids is 1. The molecule has 0 spiro atoms. The zero-order valence-electron chi connectivity index (χ0n) is 15.0. The van der Waals surface area contributed by atoms with Crippen LogP contribution in [0.1, 0.15) is 29.1 Å². The summed E-state index contributed by atoms with van der Waals surface area (Å²) >= 11 is 3.34. The predicted molar refractivity (Wildman–Crippen MR) is 109 cm³/mol. The van der Waals surface area contributed by atoms with E-state index < -0.39 is 0 Å². The molecule has 1 aliphatic carbocycles. The van der Waals surface area contributed by atoms with Crippen LogP contribution in [0, 0.1) is 6.92 Å². The van der Waals surface area contributed by atoms with Gasteiger partial charge in [0.05, 0.1) is 5.75 Å². The topological polar surface area (TPSA) is 46.1 Å². The second-order valence-corrected chi connectivity index (χ2v) is 8.59. The Morgan fingerprint density at radius 3 is 2.77 bits per heavy atom. The lowest BCUT2D eigenvalue weighted by molar-refractivity contribution is -0.115. The number of aryl methyl sites for hydroxylation is 3. The summed E-state index contributed by atoms with van der Waals surface area (Å²) in [4.78, 5) is 26.2. The van der Waals surface area contributed by atoms with E-state index in [1.165, 1.54) is 40.4 Å². The smallest absolute Gasteiger partial charge is 0.237 e. The van der Waals surface area contributed by atoms with Crippen molar-refractivity contribution in [1.82, 2.24) is 9.97 Å². The van der Waals surface area contributed by atoms with E-state index in [1.807, 2.05) is 44.3 Å². The fraction of sp³-hybridized carbons (Fsp3) is 0.350. The molecular formula is C20H21N3OS2. The van der Waals surface area contributed by atoms with Gasteiger partial charge in [0.2, 0.25) is 5.91 Å². The Labute approximate surface area is 161 Å². The van der Waals surface area contributed by atoms with Crippen LogP contribution < -0.4 is 4.90 Å². The molecule has 26 heavy (non-hydrogen) atoms. The van der Waals surface area contributed by atoms with E-state index in [9.17, 15) is 4.79 Å². The van der Waals surface area contributed by atoms with Gasteiger partial charge in [0.1, 0.15) is 15.7 Å². The number of hydrogen-bond acceptors (Lipinski definition) is 5. The summed E-state index contributed by atoms with van der Waals surface area (Å²) in [6.45, 7) is 1.93. The summed E-state index contributed by atoms with van der Waals surface area (Å²) in [5, 5.41) is 2.15. The number of aromatic nitrogens is 2. The molecule has 0 bridgehead atoms.